The summed E-state index contributed by atoms with van der Waals surface area (Å²) in [5.74, 6) is 0.104. The second-order valence-electron chi connectivity index (χ2n) is 6.82. The van der Waals surface area contributed by atoms with Crippen molar-refractivity contribution in [3.8, 4) is 5.88 Å². The molecule has 3 aromatic rings. The smallest absolute Gasteiger partial charge is 0.389 e. The molecule has 0 aliphatic carbocycles. The Bertz CT molecular complexity index is 1030. The van der Waals surface area contributed by atoms with Crippen molar-refractivity contribution in [2.75, 3.05) is 13.7 Å². The quantitative estimate of drug-likeness (QED) is 0.562. The monoisotopic (exact) mass is 421 g/mol. The minimum Gasteiger partial charge on any atom is -0.481 e. The summed E-state index contributed by atoms with van der Waals surface area (Å²) in [7, 11) is 1.53. The number of alkyl halides is 3. The highest BCUT2D eigenvalue weighted by Gasteiger charge is 2.26. The summed E-state index contributed by atoms with van der Waals surface area (Å²) in [5.41, 5.74) is 3.16. The molecule has 0 fully saturated rings. The number of rotatable bonds is 8. The number of nitrogens with one attached hydrogen (secondary N) is 1. The largest absolute Gasteiger partial charge is 0.481 e. The van der Waals surface area contributed by atoms with Crippen molar-refractivity contribution >= 4 is 16.9 Å². The molecule has 160 valence electrons. The highest BCUT2D eigenvalue weighted by molar-refractivity contribution is 6.05. The molecular weight excluding hydrogens is 399 g/mol. The maximum Gasteiger partial charge on any atom is 0.389 e. The van der Waals surface area contributed by atoms with Crippen LogP contribution in [0, 0.1) is 6.92 Å². The van der Waals surface area contributed by atoms with Crippen LogP contribution in [0.5, 0.6) is 5.88 Å². The van der Waals surface area contributed by atoms with Crippen LogP contribution in [-0.2, 0) is 6.54 Å². The number of carbonyl (C=O) groups is 1. The van der Waals surface area contributed by atoms with Gasteiger partial charge in [-0.25, -0.2) is 9.97 Å². The summed E-state index contributed by atoms with van der Waals surface area (Å²) in [4.78, 5) is 25.3. The molecule has 0 unspecified atom stereocenters. The third-order valence-electron chi connectivity index (χ3n) is 4.71. The van der Waals surface area contributed by atoms with Gasteiger partial charge in [-0.2, -0.15) is 13.2 Å². The van der Waals surface area contributed by atoms with E-state index in [1.54, 1.807) is 18.5 Å². The van der Waals surface area contributed by atoms with E-state index in [1.165, 1.54) is 13.4 Å². The summed E-state index contributed by atoms with van der Waals surface area (Å²) in [6.07, 6.45) is -0.132. The molecule has 0 saturated carbocycles. The molecule has 0 bridgehead atoms. The molecule has 1 amide bonds. The molecule has 0 aromatic carbocycles. The summed E-state index contributed by atoms with van der Waals surface area (Å²) in [6, 6.07) is 3.61. The van der Waals surface area contributed by atoms with Crippen molar-refractivity contribution in [1.29, 1.82) is 0 Å². The normalized spacial score (nSPS) is 11.6. The van der Waals surface area contributed by atoms with E-state index in [1.807, 2.05) is 17.6 Å². The topological polar surface area (TPSA) is 81.9 Å². The zero-order valence-corrected chi connectivity index (χ0v) is 16.7. The third kappa shape index (κ3) is 5.05. The predicted octanol–water partition coefficient (Wildman–Crippen LogP) is 3.65. The lowest BCUT2D eigenvalue weighted by atomic mass is 10.2. The van der Waals surface area contributed by atoms with Crippen molar-refractivity contribution in [1.82, 2.24) is 24.8 Å². The SMILES string of the molecule is COc1ncnc(Cn2cc(C(=O)NCCCCC(F)(F)F)c3ncccc32)c1C. The van der Waals surface area contributed by atoms with Gasteiger partial charge in [0, 0.05) is 30.9 Å². The van der Waals surface area contributed by atoms with Crippen LogP contribution in [0.15, 0.2) is 30.9 Å². The van der Waals surface area contributed by atoms with E-state index in [0.717, 1.165) is 16.8 Å². The lowest BCUT2D eigenvalue weighted by Crippen LogP contribution is -2.24. The Morgan fingerprint density at radius 2 is 2.03 bits per heavy atom. The van der Waals surface area contributed by atoms with Crippen LogP contribution in [0.4, 0.5) is 13.2 Å². The highest BCUT2D eigenvalue weighted by atomic mass is 19.4. The maximum atomic E-state index is 12.6. The number of ether oxygens (including phenoxy) is 1. The van der Waals surface area contributed by atoms with Gasteiger partial charge in [0.25, 0.3) is 5.91 Å². The minimum absolute atomic E-state index is 0.0292. The number of methoxy groups -OCH3 is 1. The van der Waals surface area contributed by atoms with Gasteiger partial charge in [0.1, 0.15) is 11.8 Å². The molecule has 10 heteroatoms. The van der Waals surface area contributed by atoms with Crippen molar-refractivity contribution in [3.63, 3.8) is 0 Å². The lowest BCUT2D eigenvalue weighted by Gasteiger charge is -2.09. The number of carbonyl (C=O) groups excluding carboxylic acids is 1. The molecule has 0 aliphatic rings. The van der Waals surface area contributed by atoms with Gasteiger partial charge in [-0.3, -0.25) is 9.78 Å². The first-order valence-electron chi connectivity index (χ1n) is 9.43. The van der Waals surface area contributed by atoms with Crippen molar-refractivity contribution in [2.45, 2.75) is 38.9 Å². The second-order valence-corrected chi connectivity index (χ2v) is 6.82. The zero-order valence-electron chi connectivity index (χ0n) is 16.7. The zero-order chi connectivity index (χ0) is 21.7. The molecule has 0 atom stereocenters. The van der Waals surface area contributed by atoms with Crippen LogP contribution in [0.25, 0.3) is 11.0 Å². The Labute approximate surface area is 171 Å². The Balaban J connectivity index is 1.76. The Morgan fingerprint density at radius 1 is 1.23 bits per heavy atom. The van der Waals surface area contributed by atoms with Crippen LogP contribution < -0.4 is 10.1 Å². The van der Waals surface area contributed by atoms with Gasteiger partial charge in [-0.05, 0) is 31.9 Å². The highest BCUT2D eigenvalue weighted by Crippen LogP contribution is 2.23. The van der Waals surface area contributed by atoms with Gasteiger partial charge in [0.2, 0.25) is 5.88 Å². The first kappa shape index (κ1) is 21.5. The Hall–Kier alpha value is -3.17. The average molecular weight is 421 g/mol. The number of fused-ring (bicyclic) bond motifs is 1. The molecular formula is C20H22F3N5O2. The number of amides is 1. The van der Waals surface area contributed by atoms with Gasteiger partial charge in [0.05, 0.1) is 30.4 Å². The summed E-state index contributed by atoms with van der Waals surface area (Å²) < 4.78 is 43.8. The molecule has 0 radical (unpaired) electrons. The molecule has 3 heterocycles. The van der Waals surface area contributed by atoms with Crippen molar-refractivity contribution < 1.29 is 22.7 Å². The van der Waals surface area contributed by atoms with Crippen LogP contribution in [-0.4, -0.2) is 45.3 Å². The van der Waals surface area contributed by atoms with Crippen LogP contribution in [0.1, 0.15) is 40.9 Å². The molecule has 3 aromatic heterocycles. The van der Waals surface area contributed by atoms with Gasteiger partial charge in [-0.15, -0.1) is 0 Å². The van der Waals surface area contributed by atoms with Gasteiger partial charge >= 0.3 is 6.18 Å². The predicted molar refractivity (Wildman–Crippen MR) is 104 cm³/mol. The number of pyridine rings is 1. The molecule has 7 nitrogen and oxygen atoms in total. The number of halogens is 3. The Kier molecular flexibility index (Phi) is 6.53. The molecule has 0 saturated heterocycles. The number of unbranched alkanes of at least 4 members (excludes halogenated alkanes) is 1. The van der Waals surface area contributed by atoms with E-state index < -0.39 is 12.6 Å². The minimum atomic E-state index is -4.18. The van der Waals surface area contributed by atoms with Gasteiger partial charge < -0.3 is 14.6 Å². The first-order valence-corrected chi connectivity index (χ1v) is 9.43. The first-order chi connectivity index (χ1) is 14.3. The number of hydrogen-bond donors (Lipinski definition) is 1. The lowest BCUT2D eigenvalue weighted by molar-refractivity contribution is -0.135. The van der Waals surface area contributed by atoms with Crippen LogP contribution in [0.3, 0.4) is 0 Å². The van der Waals surface area contributed by atoms with Crippen LogP contribution in [0.2, 0.25) is 0 Å². The van der Waals surface area contributed by atoms with E-state index >= 15 is 0 Å². The van der Waals surface area contributed by atoms with Crippen LogP contribution >= 0.6 is 0 Å². The van der Waals surface area contributed by atoms with Crippen molar-refractivity contribution in [3.05, 3.63) is 47.7 Å². The number of hydrogen-bond acceptors (Lipinski definition) is 5. The summed E-state index contributed by atoms with van der Waals surface area (Å²) >= 11 is 0. The van der Waals surface area contributed by atoms with Crippen molar-refractivity contribution in [2.24, 2.45) is 0 Å². The molecule has 0 spiro atoms. The fourth-order valence-corrected chi connectivity index (χ4v) is 3.16. The number of aromatic nitrogens is 4. The number of nitrogens with zero attached hydrogens (tertiary/aromatic N) is 4. The van der Waals surface area contributed by atoms with E-state index in [-0.39, 0.29) is 25.3 Å². The molecule has 30 heavy (non-hydrogen) atoms. The molecule has 0 aliphatic heterocycles. The van der Waals surface area contributed by atoms with E-state index in [4.69, 9.17) is 4.74 Å². The summed E-state index contributed by atoms with van der Waals surface area (Å²) in [6.45, 7) is 2.40. The average Bonchev–Trinajstić information content (AvgIpc) is 3.07. The fraction of sp³-hybridized carbons (Fsp3) is 0.400. The van der Waals surface area contributed by atoms with E-state index in [2.05, 4.69) is 20.3 Å². The van der Waals surface area contributed by atoms with E-state index in [0.29, 0.717) is 23.5 Å². The fourth-order valence-electron chi connectivity index (χ4n) is 3.16. The standard InChI is InChI=1S/C20H22F3N5O2/c1-13-15(26-12-27-19(13)30-2)11-28-10-14(17-16(28)6-5-9-24-17)18(29)25-8-4-3-7-20(21,22)23/h5-6,9-10,12H,3-4,7-8,11H2,1-2H3,(H,25,29). The van der Waals surface area contributed by atoms with Gasteiger partial charge in [0.15, 0.2) is 0 Å². The third-order valence-corrected chi connectivity index (χ3v) is 4.71. The Morgan fingerprint density at radius 3 is 2.77 bits per heavy atom. The maximum absolute atomic E-state index is 12.6. The second kappa shape index (κ2) is 9.10. The molecule has 1 N–H and O–H groups in total. The summed E-state index contributed by atoms with van der Waals surface area (Å²) in [5, 5.41) is 2.68. The van der Waals surface area contributed by atoms with E-state index in [9.17, 15) is 18.0 Å². The molecule has 3 rings (SSSR count). The van der Waals surface area contributed by atoms with Gasteiger partial charge in [-0.1, -0.05) is 0 Å².